The maximum atomic E-state index is 10.5. The van der Waals surface area contributed by atoms with Crippen LogP contribution < -0.4 is 4.90 Å². The van der Waals surface area contributed by atoms with Crippen LogP contribution in [0.15, 0.2) is 42.6 Å². The highest BCUT2D eigenvalue weighted by molar-refractivity contribution is 5.45. The first-order valence-corrected chi connectivity index (χ1v) is 7.28. The maximum absolute atomic E-state index is 10.5. The smallest absolute Gasteiger partial charge is 0.128 e. The number of benzene rings is 1. The molecule has 4 heteroatoms. The lowest BCUT2D eigenvalue weighted by Crippen LogP contribution is -2.36. The standard InChI is InChI=1S/C17H20N2O2/c1-13-11-16(19-7-9-21-10-8-19)18-12-15(13)17(20)14-5-3-2-4-6-14/h2-6,11-12,17,20H,7-10H2,1H3/t17-/m1/s1. The molecule has 3 rings (SSSR count). The number of nitrogens with zero attached hydrogens (tertiary/aromatic N) is 2. The molecule has 2 aromatic rings. The monoisotopic (exact) mass is 284 g/mol. The summed E-state index contributed by atoms with van der Waals surface area (Å²) in [6.45, 7) is 5.25. The number of ether oxygens (including phenoxy) is 1. The van der Waals surface area contributed by atoms with Gasteiger partial charge in [-0.2, -0.15) is 0 Å². The average Bonchev–Trinajstić information content (AvgIpc) is 2.56. The Labute approximate surface area is 125 Å². The molecule has 1 aliphatic rings. The van der Waals surface area contributed by atoms with Gasteiger partial charge in [-0.15, -0.1) is 0 Å². The Morgan fingerprint density at radius 3 is 2.57 bits per heavy atom. The molecule has 0 amide bonds. The maximum Gasteiger partial charge on any atom is 0.128 e. The van der Waals surface area contributed by atoms with Gasteiger partial charge in [-0.25, -0.2) is 4.98 Å². The molecule has 0 bridgehead atoms. The number of anilines is 1. The van der Waals surface area contributed by atoms with Crippen LogP contribution in [0.5, 0.6) is 0 Å². The lowest BCUT2D eigenvalue weighted by atomic mass is 9.99. The molecule has 21 heavy (non-hydrogen) atoms. The van der Waals surface area contributed by atoms with Crippen molar-refractivity contribution in [1.29, 1.82) is 0 Å². The van der Waals surface area contributed by atoms with Gasteiger partial charge in [0.05, 0.1) is 13.2 Å². The Bertz CT molecular complexity index is 595. The minimum atomic E-state index is -0.627. The molecule has 4 nitrogen and oxygen atoms in total. The van der Waals surface area contributed by atoms with Crippen molar-refractivity contribution in [1.82, 2.24) is 4.98 Å². The van der Waals surface area contributed by atoms with Gasteiger partial charge in [0.1, 0.15) is 11.9 Å². The van der Waals surface area contributed by atoms with Crippen LogP contribution in [0.3, 0.4) is 0 Å². The lowest BCUT2D eigenvalue weighted by molar-refractivity contribution is 0.122. The molecule has 1 aromatic heterocycles. The predicted molar refractivity (Wildman–Crippen MR) is 82.5 cm³/mol. The Morgan fingerprint density at radius 2 is 1.90 bits per heavy atom. The number of aromatic nitrogens is 1. The number of aryl methyl sites for hydroxylation is 1. The summed E-state index contributed by atoms with van der Waals surface area (Å²) in [5.74, 6) is 0.958. The number of rotatable bonds is 3. The molecule has 0 spiro atoms. The number of pyridine rings is 1. The number of aliphatic hydroxyl groups is 1. The summed E-state index contributed by atoms with van der Waals surface area (Å²) in [4.78, 5) is 6.74. The number of morpholine rings is 1. The van der Waals surface area contributed by atoms with E-state index in [4.69, 9.17) is 4.74 Å². The molecule has 0 aliphatic carbocycles. The van der Waals surface area contributed by atoms with E-state index in [0.717, 1.165) is 48.8 Å². The van der Waals surface area contributed by atoms with Crippen LogP contribution in [-0.2, 0) is 4.74 Å². The van der Waals surface area contributed by atoms with Crippen LogP contribution in [0, 0.1) is 6.92 Å². The summed E-state index contributed by atoms with van der Waals surface area (Å²) in [7, 11) is 0. The van der Waals surface area contributed by atoms with Crippen LogP contribution in [0.1, 0.15) is 22.8 Å². The third kappa shape index (κ3) is 3.06. The highest BCUT2D eigenvalue weighted by Crippen LogP contribution is 2.26. The number of aliphatic hydroxyl groups excluding tert-OH is 1. The van der Waals surface area contributed by atoms with Gasteiger partial charge in [0.25, 0.3) is 0 Å². The third-order valence-corrected chi connectivity index (χ3v) is 3.88. The van der Waals surface area contributed by atoms with Crippen LogP contribution in [0.2, 0.25) is 0 Å². The summed E-state index contributed by atoms with van der Waals surface area (Å²) >= 11 is 0. The van der Waals surface area contributed by atoms with Crippen molar-refractivity contribution in [2.75, 3.05) is 31.2 Å². The molecule has 0 saturated carbocycles. The van der Waals surface area contributed by atoms with Gasteiger partial charge < -0.3 is 14.7 Å². The highest BCUT2D eigenvalue weighted by atomic mass is 16.5. The van der Waals surface area contributed by atoms with Gasteiger partial charge in [-0.3, -0.25) is 0 Å². The van der Waals surface area contributed by atoms with Crippen molar-refractivity contribution < 1.29 is 9.84 Å². The Kier molecular flexibility index (Phi) is 4.18. The molecule has 1 aromatic carbocycles. The quantitative estimate of drug-likeness (QED) is 0.939. The second-order valence-electron chi connectivity index (χ2n) is 5.31. The fourth-order valence-electron chi connectivity index (χ4n) is 2.62. The van der Waals surface area contributed by atoms with Gasteiger partial charge >= 0.3 is 0 Å². The number of hydrogen-bond acceptors (Lipinski definition) is 4. The van der Waals surface area contributed by atoms with Gasteiger partial charge in [0.15, 0.2) is 0 Å². The normalized spacial score (nSPS) is 16.8. The summed E-state index contributed by atoms with van der Waals surface area (Å²) in [5.41, 5.74) is 2.81. The largest absolute Gasteiger partial charge is 0.384 e. The molecule has 1 N–H and O–H groups in total. The van der Waals surface area contributed by atoms with E-state index < -0.39 is 6.10 Å². The van der Waals surface area contributed by atoms with E-state index in [9.17, 15) is 5.11 Å². The van der Waals surface area contributed by atoms with Crippen LogP contribution in [0.4, 0.5) is 5.82 Å². The zero-order valence-corrected chi connectivity index (χ0v) is 12.2. The molecule has 1 fully saturated rings. The van der Waals surface area contributed by atoms with Gasteiger partial charge in [0.2, 0.25) is 0 Å². The minimum absolute atomic E-state index is 0.627. The molecular weight excluding hydrogens is 264 g/mol. The van der Waals surface area contributed by atoms with E-state index in [1.807, 2.05) is 43.3 Å². The fraction of sp³-hybridized carbons (Fsp3) is 0.353. The van der Waals surface area contributed by atoms with Gasteiger partial charge in [-0.05, 0) is 24.1 Å². The SMILES string of the molecule is Cc1cc(N2CCOCC2)ncc1[C@H](O)c1ccccc1. The van der Waals surface area contributed by atoms with E-state index >= 15 is 0 Å². The third-order valence-electron chi connectivity index (χ3n) is 3.88. The minimum Gasteiger partial charge on any atom is -0.384 e. The number of hydrogen-bond donors (Lipinski definition) is 1. The summed E-state index contributed by atoms with van der Waals surface area (Å²) < 4.78 is 5.36. The highest BCUT2D eigenvalue weighted by Gasteiger charge is 2.17. The first-order chi connectivity index (χ1) is 10.3. The summed E-state index contributed by atoms with van der Waals surface area (Å²) in [5, 5.41) is 10.5. The van der Waals surface area contributed by atoms with E-state index in [-0.39, 0.29) is 0 Å². The van der Waals surface area contributed by atoms with Crippen molar-refractivity contribution in [2.24, 2.45) is 0 Å². The van der Waals surface area contributed by atoms with Crippen molar-refractivity contribution in [2.45, 2.75) is 13.0 Å². The molecule has 1 aliphatic heterocycles. The van der Waals surface area contributed by atoms with Crippen molar-refractivity contribution >= 4 is 5.82 Å². The van der Waals surface area contributed by atoms with E-state index in [1.165, 1.54) is 0 Å². The average molecular weight is 284 g/mol. The molecule has 2 heterocycles. The zero-order valence-electron chi connectivity index (χ0n) is 12.2. The van der Waals surface area contributed by atoms with Crippen molar-refractivity contribution in [3.05, 3.63) is 59.3 Å². The zero-order chi connectivity index (χ0) is 14.7. The van der Waals surface area contributed by atoms with Crippen molar-refractivity contribution in [3.8, 4) is 0 Å². The molecular formula is C17H20N2O2. The summed E-state index contributed by atoms with van der Waals surface area (Å²) in [6.07, 6.45) is 1.16. The van der Waals surface area contributed by atoms with Gasteiger partial charge in [0, 0.05) is 24.8 Å². The Morgan fingerprint density at radius 1 is 1.19 bits per heavy atom. The molecule has 0 radical (unpaired) electrons. The molecule has 1 atom stereocenters. The summed E-state index contributed by atoms with van der Waals surface area (Å²) in [6, 6.07) is 11.7. The van der Waals surface area contributed by atoms with Crippen LogP contribution in [0.25, 0.3) is 0 Å². The fourth-order valence-corrected chi connectivity index (χ4v) is 2.62. The Balaban J connectivity index is 1.84. The second-order valence-corrected chi connectivity index (χ2v) is 5.31. The molecule has 1 saturated heterocycles. The van der Waals surface area contributed by atoms with E-state index in [0.29, 0.717) is 0 Å². The molecule has 0 unspecified atom stereocenters. The molecule has 110 valence electrons. The first-order valence-electron chi connectivity index (χ1n) is 7.28. The predicted octanol–water partition coefficient (Wildman–Crippen LogP) is 2.31. The van der Waals surface area contributed by atoms with Crippen LogP contribution >= 0.6 is 0 Å². The second kappa shape index (κ2) is 6.24. The van der Waals surface area contributed by atoms with E-state index in [1.54, 1.807) is 6.20 Å². The topological polar surface area (TPSA) is 45.6 Å². The lowest BCUT2D eigenvalue weighted by Gasteiger charge is -2.28. The van der Waals surface area contributed by atoms with Crippen LogP contribution in [-0.4, -0.2) is 36.4 Å². The van der Waals surface area contributed by atoms with Crippen molar-refractivity contribution in [3.63, 3.8) is 0 Å². The first kappa shape index (κ1) is 14.0. The van der Waals surface area contributed by atoms with Gasteiger partial charge in [-0.1, -0.05) is 30.3 Å². The van der Waals surface area contributed by atoms with E-state index in [2.05, 4.69) is 9.88 Å². The Hall–Kier alpha value is -1.91.